The molecule has 4 rings (SSSR count). The largest absolute Gasteiger partial charge is 0.433 e. The lowest BCUT2D eigenvalue weighted by Crippen LogP contribution is -2.13. The second-order valence-corrected chi connectivity index (χ2v) is 6.15. The molecule has 0 fully saturated rings. The van der Waals surface area contributed by atoms with Crippen molar-refractivity contribution in [2.75, 3.05) is 0 Å². The third-order valence-corrected chi connectivity index (χ3v) is 4.49. The maximum absolute atomic E-state index is 13.3. The molecule has 0 aliphatic heterocycles. The predicted octanol–water partition coefficient (Wildman–Crippen LogP) is 4.93. The lowest BCUT2D eigenvalue weighted by molar-refractivity contribution is -0.144. The highest BCUT2D eigenvalue weighted by Gasteiger charge is 2.39. The molecule has 0 aliphatic rings. The Morgan fingerprint density at radius 2 is 1.69 bits per heavy atom. The molecule has 26 heavy (non-hydrogen) atoms. The molecule has 1 aromatic carbocycles. The van der Waals surface area contributed by atoms with Gasteiger partial charge in [-0.3, -0.25) is 0 Å². The van der Waals surface area contributed by atoms with Gasteiger partial charge in [0.15, 0.2) is 5.01 Å². The molecule has 0 amide bonds. The molecule has 0 spiro atoms. The van der Waals surface area contributed by atoms with E-state index in [2.05, 4.69) is 20.2 Å². The first kappa shape index (κ1) is 16.7. The fourth-order valence-electron chi connectivity index (χ4n) is 2.42. The van der Waals surface area contributed by atoms with E-state index in [9.17, 15) is 26.3 Å². The maximum atomic E-state index is 13.3. The molecule has 0 saturated heterocycles. The third kappa shape index (κ3) is 2.66. The van der Waals surface area contributed by atoms with Crippen molar-refractivity contribution in [2.45, 2.75) is 12.4 Å². The monoisotopic (exact) mass is 390 g/mol. The summed E-state index contributed by atoms with van der Waals surface area (Å²) >= 11 is 0.987. The van der Waals surface area contributed by atoms with Crippen LogP contribution in [0, 0.1) is 0 Å². The lowest BCUT2D eigenvalue weighted by atomic mass is 10.1. The third-order valence-electron chi connectivity index (χ3n) is 3.48. The van der Waals surface area contributed by atoms with Crippen LogP contribution < -0.4 is 0 Å². The number of fused-ring (bicyclic) bond motifs is 3. The van der Waals surface area contributed by atoms with Gasteiger partial charge >= 0.3 is 12.4 Å². The molecule has 0 unspecified atom stereocenters. The van der Waals surface area contributed by atoms with Gasteiger partial charge in [0.1, 0.15) is 11.2 Å². The molecule has 5 nitrogen and oxygen atoms in total. The number of alkyl halides is 6. The van der Waals surface area contributed by atoms with E-state index in [0.29, 0.717) is 4.70 Å². The Morgan fingerprint density at radius 1 is 0.923 bits per heavy atom. The van der Waals surface area contributed by atoms with Gasteiger partial charge in [-0.2, -0.15) is 26.3 Å². The number of thiazole rings is 1. The van der Waals surface area contributed by atoms with Crippen LogP contribution in [0.25, 0.3) is 32.0 Å². The first-order valence-corrected chi connectivity index (χ1v) is 7.61. The van der Waals surface area contributed by atoms with Crippen LogP contribution in [-0.2, 0) is 12.4 Å². The second-order valence-electron chi connectivity index (χ2n) is 5.12. The summed E-state index contributed by atoms with van der Waals surface area (Å²) in [6.45, 7) is 0. The number of aromatic nitrogens is 4. The van der Waals surface area contributed by atoms with Crippen LogP contribution in [0.15, 0.2) is 29.0 Å². The SMILES string of the molecule is FC(F)(F)c1cc(C(F)(F)F)c2ccc3sc(-c4nnco4)nc3c2n1. The van der Waals surface area contributed by atoms with Crippen molar-refractivity contribution in [3.05, 3.63) is 35.9 Å². The minimum atomic E-state index is -5.04. The van der Waals surface area contributed by atoms with Crippen molar-refractivity contribution >= 4 is 32.5 Å². The quantitative estimate of drug-likeness (QED) is 0.431. The van der Waals surface area contributed by atoms with Gasteiger partial charge in [-0.1, -0.05) is 6.07 Å². The van der Waals surface area contributed by atoms with E-state index in [4.69, 9.17) is 4.42 Å². The fraction of sp³-hybridized carbons (Fsp3) is 0.143. The van der Waals surface area contributed by atoms with E-state index in [1.807, 2.05) is 0 Å². The molecule has 12 heteroatoms. The Labute approximate surface area is 143 Å². The summed E-state index contributed by atoms with van der Waals surface area (Å²) in [5.41, 5.74) is -3.66. The first-order chi connectivity index (χ1) is 12.1. The van der Waals surface area contributed by atoms with Crippen LogP contribution in [0.2, 0.25) is 0 Å². The fourth-order valence-corrected chi connectivity index (χ4v) is 3.31. The molecular weight excluding hydrogens is 386 g/mol. The average molecular weight is 390 g/mol. The summed E-state index contributed by atoms with van der Waals surface area (Å²) in [5, 5.41) is 6.78. The molecule has 0 radical (unpaired) electrons. The van der Waals surface area contributed by atoms with Gasteiger partial charge in [0.2, 0.25) is 6.39 Å². The molecule has 0 saturated carbocycles. The highest BCUT2D eigenvalue weighted by atomic mass is 32.1. The first-order valence-electron chi connectivity index (χ1n) is 6.80. The van der Waals surface area contributed by atoms with Crippen LogP contribution in [0.4, 0.5) is 26.3 Å². The molecule has 3 heterocycles. The van der Waals surface area contributed by atoms with Crippen LogP contribution in [-0.4, -0.2) is 20.2 Å². The van der Waals surface area contributed by atoms with E-state index < -0.39 is 34.5 Å². The van der Waals surface area contributed by atoms with Crippen molar-refractivity contribution in [2.24, 2.45) is 0 Å². The van der Waals surface area contributed by atoms with Crippen molar-refractivity contribution in [1.82, 2.24) is 20.2 Å². The second kappa shape index (κ2) is 5.37. The van der Waals surface area contributed by atoms with Gasteiger partial charge in [0.05, 0.1) is 15.8 Å². The van der Waals surface area contributed by atoms with Crippen LogP contribution in [0.1, 0.15) is 11.3 Å². The number of halogens is 6. The Morgan fingerprint density at radius 3 is 2.31 bits per heavy atom. The van der Waals surface area contributed by atoms with Crippen molar-refractivity contribution in [3.63, 3.8) is 0 Å². The number of hydrogen-bond donors (Lipinski definition) is 0. The zero-order valence-electron chi connectivity index (χ0n) is 12.2. The topological polar surface area (TPSA) is 64.7 Å². The Balaban J connectivity index is 2.09. The van der Waals surface area contributed by atoms with Crippen LogP contribution in [0.3, 0.4) is 0 Å². The number of nitrogens with zero attached hydrogens (tertiary/aromatic N) is 4. The average Bonchev–Trinajstić information content (AvgIpc) is 3.20. The molecule has 3 aromatic heterocycles. The number of rotatable bonds is 1. The zero-order valence-corrected chi connectivity index (χ0v) is 13.0. The minimum absolute atomic E-state index is 0.000544. The van der Waals surface area contributed by atoms with E-state index in [0.717, 1.165) is 23.8 Å². The minimum Gasteiger partial charge on any atom is -0.422 e. The van der Waals surface area contributed by atoms with Gasteiger partial charge in [-0.05, 0) is 12.1 Å². The van der Waals surface area contributed by atoms with E-state index in [1.54, 1.807) is 0 Å². The molecule has 0 aliphatic carbocycles. The summed E-state index contributed by atoms with van der Waals surface area (Å²) in [7, 11) is 0. The summed E-state index contributed by atoms with van der Waals surface area (Å²) in [4.78, 5) is 7.45. The zero-order chi connectivity index (χ0) is 18.7. The van der Waals surface area contributed by atoms with Crippen LogP contribution >= 0.6 is 11.3 Å². The molecule has 134 valence electrons. The van der Waals surface area contributed by atoms with Gasteiger partial charge in [-0.25, -0.2) is 9.97 Å². The van der Waals surface area contributed by atoms with Gasteiger partial charge < -0.3 is 4.42 Å². The summed E-state index contributed by atoms with van der Waals surface area (Å²) < 4.78 is 84.2. The van der Waals surface area contributed by atoms with Gasteiger partial charge in [0.25, 0.3) is 5.89 Å². The van der Waals surface area contributed by atoms with Gasteiger partial charge in [-0.15, -0.1) is 21.5 Å². The maximum Gasteiger partial charge on any atom is 0.433 e. The highest BCUT2D eigenvalue weighted by Crippen LogP contribution is 2.41. The molecule has 0 N–H and O–H groups in total. The van der Waals surface area contributed by atoms with E-state index >= 15 is 0 Å². The number of hydrogen-bond acceptors (Lipinski definition) is 6. The highest BCUT2D eigenvalue weighted by molar-refractivity contribution is 7.21. The van der Waals surface area contributed by atoms with Crippen molar-refractivity contribution < 1.29 is 30.8 Å². The normalized spacial score (nSPS) is 13.0. The number of benzene rings is 1. The van der Waals surface area contributed by atoms with Crippen LogP contribution in [0.5, 0.6) is 0 Å². The Bertz CT molecular complexity index is 1120. The molecular formula is C14H4F6N4OS. The molecule has 0 bridgehead atoms. The summed E-state index contributed by atoms with van der Waals surface area (Å²) in [6.07, 6.45) is -9.00. The van der Waals surface area contributed by atoms with E-state index in [-0.39, 0.29) is 22.5 Å². The molecule has 4 aromatic rings. The predicted molar refractivity (Wildman–Crippen MR) is 78.2 cm³/mol. The lowest BCUT2D eigenvalue weighted by Gasteiger charge is -2.14. The Kier molecular flexibility index (Phi) is 3.45. The van der Waals surface area contributed by atoms with Crippen molar-refractivity contribution in [3.8, 4) is 10.9 Å². The van der Waals surface area contributed by atoms with Gasteiger partial charge in [0, 0.05) is 5.39 Å². The summed E-state index contributed by atoms with van der Waals surface area (Å²) in [6, 6.07) is 2.41. The smallest absolute Gasteiger partial charge is 0.422 e. The van der Waals surface area contributed by atoms with Crippen molar-refractivity contribution in [1.29, 1.82) is 0 Å². The number of pyridine rings is 1. The molecule has 0 atom stereocenters. The standard InChI is InChI=1S/C14H4F6N4OS/c15-13(16,17)6-3-8(14(18,19)20)22-9-5(6)1-2-7-10(9)23-12(26-7)11-24-21-4-25-11/h1-4H. The van der Waals surface area contributed by atoms with E-state index in [1.165, 1.54) is 6.07 Å². The summed E-state index contributed by atoms with van der Waals surface area (Å²) in [5.74, 6) is 0.00220. The Hall–Kier alpha value is -2.76.